The molecule has 1 N–H and O–H groups in total. The molecule has 1 saturated heterocycles. The summed E-state index contributed by atoms with van der Waals surface area (Å²) in [5.74, 6) is -0.228. The average molecular weight is 359 g/mol. The van der Waals surface area contributed by atoms with Gasteiger partial charge in [0.1, 0.15) is 5.82 Å². The lowest BCUT2D eigenvalue weighted by Gasteiger charge is -2.27. The van der Waals surface area contributed by atoms with Gasteiger partial charge < -0.3 is 10.2 Å². The summed E-state index contributed by atoms with van der Waals surface area (Å²) in [5, 5.41) is 14.4. The maximum atomic E-state index is 13.4. The third kappa shape index (κ3) is 4.30. The van der Waals surface area contributed by atoms with Gasteiger partial charge in [-0.15, -0.1) is 0 Å². The molecule has 1 heterocycles. The summed E-state index contributed by atoms with van der Waals surface area (Å²) < 4.78 is 13.4. The first-order chi connectivity index (χ1) is 12.0. The molecule has 7 heteroatoms. The van der Waals surface area contributed by atoms with E-state index >= 15 is 0 Å². The second-order valence-electron chi connectivity index (χ2n) is 6.06. The van der Waals surface area contributed by atoms with Crippen molar-refractivity contribution in [2.24, 2.45) is 0 Å². The third-order valence-electron chi connectivity index (χ3n) is 4.33. The summed E-state index contributed by atoms with van der Waals surface area (Å²) in [4.78, 5) is 12.4. The molecule has 1 atom stereocenters. The van der Waals surface area contributed by atoms with Crippen LogP contribution in [-0.4, -0.2) is 27.5 Å². The molecule has 2 aromatic rings. The third-order valence-corrected chi connectivity index (χ3v) is 4.66. The largest absolute Gasteiger partial charge is 0.346 e. The highest BCUT2D eigenvalue weighted by atomic mass is 32.1. The first-order valence-electron chi connectivity index (χ1n) is 8.09. The summed E-state index contributed by atoms with van der Waals surface area (Å²) in [6.07, 6.45) is 2.76. The second-order valence-corrected chi connectivity index (χ2v) is 6.44. The standard InChI is InChI=1S/C18H18FN3O2S/c19-14-4-1-3-13(11-14)12-17-5-2-10-21(17)18(25)20-15-6-8-16(9-7-15)22(23)24/h1,3-4,6-9,11,17H,2,5,10,12H2,(H,20,25)/t17-/m0/s1. The summed E-state index contributed by atoms with van der Waals surface area (Å²) >= 11 is 5.51. The number of nitrogens with zero attached hydrogens (tertiary/aromatic N) is 2. The number of non-ortho nitro benzene ring substituents is 1. The zero-order valence-electron chi connectivity index (χ0n) is 13.5. The maximum Gasteiger partial charge on any atom is 0.269 e. The van der Waals surface area contributed by atoms with Gasteiger partial charge >= 0.3 is 0 Å². The van der Waals surface area contributed by atoms with Crippen LogP contribution < -0.4 is 5.32 Å². The highest BCUT2D eigenvalue weighted by molar-refractivity contribution is 7.80. The van der Waals surface area contributed by atoms with E-state index in [2.05, 4.69) is 10.2 Å². The number of thiocarbonyl (C=S) groups is 1. The Hall–Kier alpha value is -2.54. The number of rotatable bonds is 4. The molecule has 3 rings (SSSR count). The van der Waals surface area contributed by atoms with Crippen LogP contribution in [0, 0.1) is 15.9 Å². The SMILES string of the molecule is O=[N+]([O-])c1ccc(NC(=S)N2CCC[C@H]2Cc2cccc(F)c2)cc1. The highest BCUT2D eigenvalue weighted by Crippen LogP contribution is 2.23. The molecule has 1 aliphatic rings. The number of hydrogen-bond acceptors (Lipinski definition) is 3. The van der Waals surface area contributed by atoms with E-state index < -0.39 is 4.92 Å². The van der Waals surface area contributed by atoms with Gasteiger partial charge in [0, 0.05) is 30.4 Å². The van der Waals surface area contributed by atoms with Crippen molar-refractivity contribution in [2.75, 3.05) is 11.9 Å². The van der Waals surface area contributed by atoms with E-state index in [4.69, 9.17) is 12.2 Å². The van der Waals surface area contributed by atoms with E-state index in [1.165, 1.54) is 18.2 Å². The van der Waals surface area contributed by atoms with Crippen LogP contribution in [0.2, 0.25) is 0 Å². The quantitative estimate of drug-likeness (QED) is 0.505. The normalized spacial score (nSPS) is 16.7. The van der Waals surface area contributed by atoms with E-state index in [1.54, 1.807) is 24.3 Å². The van der Waals surface area contributed by atoms with Crippen molar-refractivity contribution in [3.63, 3.8) is 0 Å². The van der Waals surface area contributed by atoms with Crippen LogP contribution in [0.4, 0.5) is 15.8 Å². The molecule has 0 aliphatic carbocycles. The van der Waals surface area contributed by atoms with E-state index in [9.17, 15) is 14.5 Å². The lowest BCUT2D eigenvalue weighted by Crippen LogP contribution is -2.39. The number of halogens is 1. The van der Waals surface area contributed by atoms with E-state index in [0.717, 1.165) is 31.4 Å². The molecule has 2 aromatic carbocycles. The second kappa shape index (κ2) is 7.57. The highest BCUT2D eigenvalue weighted by Gasteiger charge is 2.26. The lowest BCUT2D eigenvalue weighted by atomic mass is 10.0. The fraction of sp³-hybridized carbons (Fsp3) is 0.278. The Kier molecular flexibility index (Phi) is 5.23. The summed E-state index contributed by atoms with van der Waals surface area (Å²) in [7, 11) is 0. The Morgan fingerprint density at radius 1 is 1.32 bits per heavy atom. The smallest absolute Gasteiger partial charge is 0.269 e. The number of nitrogens with one attached hydrogen (secondary N) is 1. The fourth-order valence-corrected chi connectivity index (χ4v) is 3.47. The fourth-order valence-electron chi connectivity index (χ4n) is 3.11. The van der Waals surface area contributed by atoms with E-state index in [-0.39, 0.29) is 17.5 Å². The molecular weight excluding hydrogens is 341 g/mol. The van der Waals surface area contributed by atoms with Crippen molar-refractivity contribution < 1.29 is 9.31 Å². The number of nitro groups is 1. The van der Waals surface area contributed by atoms with Crippen molar-refractivity contribution in [1.29, 1.82) is 0 Å². The number of nitro benzene ring substituents is 1. The van der Waals surface area contributed by atoms with Crippen LogP contribution in [0.15, 0.2) is 48.5 Å². The van der Waals surface area contributed by atoms with Crippen molar-refractivity contribution in [3.8, 4) is 0 Å². The van der Waals surface area contributed by atoms with Gasteiger partial charge in [-0.25, -0.2) is 4.39 Å². The molecular formula is C18H18FN3O2S. The molecule has 25 heavy (non-hydrogen) atoms. The van der Waals surface area contributed by atoms with Gasteiger partial charge in [-0.2, -0.15) is 0 Å². The summed E-state index contributed by atoms with van der Waals surface area (Å²) in [6, 6.07) is 13.0. The minimum atomic E-state index is -0.433. The number of hydrogen-bond donors (Lipinski definition) is 1. The van der Waals surface area contributed by atoms with Crippen molar-refractivity contribution >= 4 is 28.7 Å². The minimum absolute atomic E-state index is 0.0432. The van der Waals surface area contributed by atoms with Crippen molar-refractivity contribution in [1.82, 2.24) is 4.90 Å². The van der Waals surface area contributed by atoms with Gasteiger partial charge in [0.15, 0.2) is 5.11 Å². The van der Waals surface area contributed by atoms with Gasteiger partial charge in [-0.05, 0) is 61.3 Å². The minimum Gasteiger partial charge on any atom is -0.346 e. The summed E-state index contributed by atoms with van der Waals surface area (Å²) in [6.45, 7) is 0.846. The van der Waals surface area contributed by atoms with E-state index in [0.29, 0.717) is 10.8 Å². The molecule has 0 saturated carbocycles. The molecule has 130 valence electrons. The van der Waals surface area contributed by atoms with Gasteiger partial charge in [-0.3, -0.25) is 10.1 Å². The zero-order chi connectivity index (χ0) is 17.8. The van der Waals surface area contributed by atoms with Gasteiger partial charge in [0.2, 0.25) is 0 Å². The average Bonchev–Trinajstić information content (AvgIpc) is 3.03. The van der Waals surface area contributed by atoms with Crippen molar-refractivity contribution in [2.45, 2.75) is 25.3 Å². The first kappa shape index (κ1) is 17.3. The Morgan fingerprint density at radius 2 is 2.08 bits per heavy atom. The predicted molar refractivity (Wildman–Crippen MR) is 99.1 cm³/mol. The van der Waals surface area contributed by atoms with Crippen LogP contribution in [-0.2, 0) is 6.42 Å². The molecule has 0 bridgehead atoms. The molecule has 0 spiro atoms. The van der Waals surface area contributed by atoms with Crippen LogP contribution in [0.1, 0.15) is 18.4 Å². The van der Waals surface area contributed by atoms with Crippen LogP contribution in [0.25, 0.3) is 0 Å². The Labute approximate surface area is 150 Å². The Balaban J connectivity index is 1.65. The van der Waals surface area contributed by atoms with E-state index in [1.807, 2.05) is 6.07 Å². The summed E-state index contributed by atoms with van der Waals surface area (Å²) in [5.41, 5.74) is 1.71. The predicted octanol–water partition coefficient (Wildman–Crippen LogP) is 4.14. The number of anilines is 1. The Morgan fingerprint density at radius 3 is 2.76 bits per heavy atom. The maximum absolute atomic E-state index is 13.4. The lowest BCUT2D eigenvalue weighted by molar-refractivity contribution is -0.384. The van der Waals surface area contributed by atoms with Crippen LogP contribution >= 0.6 is 12.2 Å². The monoisotopic (exact) mass is 359 g/mol. The zero-order valence-corrected chi connectivity index (χ0v) is 14.3. The topological polar surface area (TPSA) is 58.4 Å². The molecule has 0 aromatic heterocycles. The molecule has 1 aliphatic heterocycles. The molecule has 5 nitrogen and oxygen atoms in total. The molecule has 0 unspecified atom stereocenters. The Bertz CT molecular complexity index is 782. The number of benzene rings is 2. The van der Waals surface area contributed by atoms with Gasteiger partial charge in [0.05, 0.1) is 4.92 Å². The van der Waals surface area contributed by atoms with Crippen molar-refractivity contribution in [3.05, 3.63) is 70.0 Å². The number of likely N-dealkylation sites (tertiary alicyclic amines) is 1. The molecule has 0 amide bonds. The van der Waals surface area contributed by atoms with Gasteiger partial charge in [-0.1, -0.05) is 12.1 Å². The molecule has 1 fully saturated rings. The van der Waals surface area contributed by atoms with Gasteiger partial charge in [0.25, 0.3) is 5.69 Å². The first-order valence-corrected chi connectivity index (χ1v) is 8.50. The van der Waals surface area contributed by atoms with Crippen LogP contribution in [0.3, 0.4) is 0 Å². The van der Waals surface area contributed by atoms with Crippen LogP contribution in [0.5, 0.6) is 0 Å². The molecule has 0 radical (unpaired) electrons.